The van der Waals surface area contributed by atoms with Gasteiger partial charge in [-0.2, -0.15) is 0 Å². The predicted molar refractivity (Wildman–Crippen MR) is 92.4 cm³/mol. The van der Waals surface area contributed by atoms with E-state index in [1.807, 2.05) is 6.92 Å². The number of furan rings is 1. The maximum atomic E-state index is 12.1. The molecule has 1 amide bonds. The van der Waals surface area contributed by atoms with Gasteiger partial charge in [0.2, 0.25) is 10.0 Å². The quantitative estimate of drug-likeness (QED) is 0.710. The fraction of sp³-hybridized carbons (Fsp3) is 0.267. The first-order valence-electron chi connectivity index (χ1n) is 6.99. The summed E-state index contributed by atoms with van der Waals surface area (Å²) in [5, 5.41) is 2.82. The number of hydrogen-bond acceptors (Lipinski definition) is 5. The van der Waals surface area contributed by atoms with Gasteiger partial charge in [-0.1, -0.05) is 12.1 Å². The second-order valence-corrected chi connectivity index (χ2v) is 6.86. The Morgan fingerprint density at radius 3 is 2.42 bits per heavy atom. The minimum Gasteiger partial charge on any atom is -0.467 e. The maximum Gasteiger partial charge on any atom is 0.255 e. The van der Waals surface area contributed by atoms with Crippen molar-refractivity contribution in [3.05, 3.63) is 53.5 Å². The smallest absolute Gasteiger partial charge is 0.255 e. The van der Waals surface area contributed by atoms with Crippen LogP contribution in [0.3, 0.4) is 0 Å². The molecule has 1 heterocycles. The van der Waals surface area contributed by atoms with Crippen molar-refractivity contribution in [2.45, 2.75) is 24.4 Å². The van der Waals surface area contributed by atoms with E-state index >= 15 is 0 Å². The lowest BCUT2D eigenvalue weighted by Crippen LogP contribution is -2.26. The second kappa shape index (κ2) is 8.29. The molecule has 7 nitrogen and oxygen atoms in total. The average molecular weight is 374 g/mol. The topological polar surface area (TPSA) is 114 Å². The van der Waals surface area contributed by atoms with Crippen molar-refractivity contribution in [3.8, 4) is 0 Å². The van der Waals surface area contributed by atoms with Gasteiger partial charge < -0.3 is 15.5 Å². The molecule has 0 saturated heterocycles. The third-order valence-corrected chi connectivity index (χ3v) is 4.85. The van der Waals surface area contributed by atoms with Crippen LogP contribution in [0.5, 0.6) is 0 Å². The van der Waals surface area contributed by atoms with Crippen molar-refractivity contribution in [1.29, 1.82) is 0 Å². The Bertz CT molecular complexity index is 787. The van der Waals surface area contributed by atoms with Gasteiger partial charge in [-0.25, -0.2) is 13.1 Å². The van der Waals surface area contributed by atoms with Gasteiger partial charge in [-0.15, -0.1) is 12.4 Å². The van der Waals surface area contributed by atoms with Gasteiger partial charge in [0.1, 0.15) is 12.0 Å². The third kappa shape index (κ3) is 4.57. The minimum atomic E-state index is -3.47. The van der Waals surface area contributed by atoms with Gasteiger partial charge in [-0.05, 0) is 37.7 Å². The van der Waals surface area contributed by atoms with Crippen LogP contribution in [0, 0.1) is 0 Å². The standard InChI is InChI=1S/C15H19N3O4S.ClH/c1-10(18-15(19)12-7-13(8-16)22-9-12)11-3-5-14(6-4-11)23(20,21)17-2;/h3-7,9-10,17H,8,16H2,1-2H3,(H,18,19);1H. The number of amides is 1. The molecule has 0 saturated carbocycles. The zero-order chi connectivity index (χ0) is 17.0. The summed E-state index contributed by atoms with van der Waals surface area (Å²) in [5.74, 6) is 0.248. The number of sulfonamides is 1. The predicted octanol–water partition coefficient (Wildman–Crippen LogP) is 1.56. The normalized spacial score (nSPS) is 12.3. The first kappa shape index (κ1) is 20.2. The van der Waals surface area contributed by atoms with Crippen LogP contribution in [0.1, 0.15) is 34.6 Å². The lowest BCUT2D eigenvalue weighted by Gasteiger charge is -2.14. The van der Waals surface area contributed by atoms with Gasteiger partial charge in [0.25, 0.3) is 5.91 Å². The summed E-state index contributed by atoms with van der Waals surface area (Å²) in [6.45, 7) is 2.04. The fourth-order valence-electron chi connectivity index (χ4n) is 2.02. The average Bonchev–Trinajstić information content (AvgIpc) is 3.04. The van der Waals surface area contributed by atoms with Crippen molar-refractivity contribution < 1.29 is 17.6 Å². The van der Waals surface area contributed by atoms with Crippen molar-refractivity contribution in [2.75, 3.05) is 7.05 Å². The van der Waals surface area contributed by atoms with E-state index in [1.54, 1.807) is 18.2 Å². The molecule has 24 heavy (non-hydrogen) atoms. The number of halogens is 1. The van der Waals surface area contributed by atoms with Crippen molar-refractivity contribution >= 4 is 28.3 Å². The van der Waals surface area contributed by atoms with Gasteiger partial charge in [-0.3, -0.25) is 4.79 Å². The number of carbonyl (C=O) groups excluding carboxylic acids is 1. The molecule has 9 heteroatoms. The van der Waals surface area contributed by atoms with E-state index in [4.69, 9.17) is 10.2 Å². The number of nitrogens with one attached hydrogen (secondary N) is 2. The van der Waals surface area contributed by atoms with Crippen LogP contribution in [0.2, 0.25) is 0 Å². The first-order chi connectivity index (χ1) is 10.9. The summed E-state index contributed by atoms with van der Waals surface area (Å²) >= 11 is 0. The van der Waals surface area contributed by atoms with Gasteiger partial charge >= 0.3 is 0 Å². The SMILES string of the molecule is CNS(=O)(=O)c1ccc(C(C)NC(=O)c2coc(CN)c2)cc1.Cl. The molecule has 4 N–H and O–H groups in total. The van der Waals surface area contributed by atoms with E-state index in [9.17, 15) is 13.2 Å². The van der Waals surface area contributed by atoms with Crippen LogP contribution in [-0.2, 0) is 16.6 Å². The zero-order valence-corrected chi connectivity index (χ0v) is 14.9. The summed E-state index contributed by atoms with van der Waals surface area (Å²) in [5.41, 5.74) is 6.62. The molecular formula is C15H20ClN3O4S. The number of nitrogens with two attached hydrogens (primary N) is 1. The fourth-order valence-corrected chi connectivity index (χ4v) is 2.75. The van der Waals surface area contributed by atoms with Gasteiger partial charge in [0, 0.05) is 0 Å². The molecule has 2 rings (SSSR count). The van der Waals surface area contributed by atoms with Crippen molar-refractivity contribution in [2.24, 2.45) is 5.73 Å². The van der Waals surface area contributed by atoms with E-state index < -0.39 is 10.0 Å². The Hall–Kier alpha value is -1.87. The van der Waals surface area contributed by atoms with Crippen LogP contribution in [-0.4, -0.2) is 21.4 Å². The number of carbonyl (C=O) groups is 1. The van der Waals surface area contributed by atoms with Crippen LogP contribution < -0.4 is 15.8 Å². The molecule has 0 fully saturated rings. The summed E-state index contributed by atoms with van der Waals surface area (Å²) in [6, 6.07) is 7.61. The Morgan fingerprint density at radius 1 is 1.29 bits per heavy atom. The van der Waals surface area contributed by atoms with Crippen LogP contribution >= 0.6 is 12.4 Å². The maximum absolute atomic E-state index is 12.1. The van der Waals surface area contributed by atoms with Crippen LogP contribution in [0.15, 0.2) is 45.9 Å². The summed E-state index contributed by atoms with van der Waals surface area (Å²) in [6.07, 6.45) is 1.35. The molecule has 1 unspecified atom stereocenters. The molecule has 2 aromatic rings. The van der Waals surface area contributed by atoms with Gasteiger partial charge in [0.15, 0.2) is 0 Å². The Labute approximate surface area is 147 Å². The first-order valence-corrected chi connectivity index (χ1v) is 8.47. The van der Waals surface area contributed by atoms with E-state index in [1.165, 1.54) is 25.4 Å². The number of hydrogen-bond donors (Lipinski definition) is 3. The highest BCUT2D eigenvalue weighted by atomic mass is 35.5. The minimum absolute atomic E-state index is 0. The van der Waals surface area contributed by atoms with E-state index in [0.717, 1.165) is 5.56 Å². The van der Waals surface area contributed by atoms with Crippen molar-refractivity contribution in [1.82, 2.24) is 10.0 Å². The van der Waals surface area contributed by atoms with Crippen molar-refractivity contribution in [3.63, 3.8) is 0 Å². The lowest BCUT2D eigenvalue weighted by molar-refractivity contribution is 0.0939. The monoisotopic (exact) mass is 373 g/mol. The van der Waals surface area contributed by atoms with Gasteiger partial charge in [0.05, 0.1) is 23.0 Å². The molecule has 0 bridgehead atoms. The molecule has 132 valence electrons. The second-order valence-electron chi connectivity index (χ2n) is 4.98. The molecule has 1 atom stereocenters. The summed E-state index contributed by atoms with van der Waals surface area (Å²) in [4.78, 5) is 12.3. The van der Waals surface area contributed by atoms with E-state index in [0.29, 0.717) is 11.3 Å². The Morgan fingerprint density at radius 2 is 1.92 bits per heavy atom. The molecule has 1 aromatic carbocycles. The molecule has 0 aliphatic heterocycles. The molecule has 0 aliphatic carbocycles. The zero-order valence-electron chi connectivity index (χ0n) is 13.3. The number of rotatable bonds is 6. The molecule has 0 aliphatic rings. The Kier molecular flexibility index (Phi) is 6.97. The van der Waals surface area contributed by atoms with Crippen LogP contribution in [0.25, 0.3) is 0 Å². The molecule has 0 spiro atoms. The largest absolute Gasteiger partial charge is 0.467 e. The lowest BCUT2D eigenvalue weighted by atomic mass is 10.1. The number of benzene rings is 1. The van der Waals surface area contributed by atoms with E-state index in [2.05, 4.69) is 10.0 Å². The molecule has 0 radical (unpaired) electrons. The molecule has 1 aromatic heterocycles. The summed E-state index contributed by atoms with van der Waals surface area (Å²) < 4.78 is 30.7. The summed E-state index contributed by atoms with van der Waals surface area (Å²) in [7, 11) is -2.11. The van der Waals surface area contributed by atoms with Crippen LogP contribution in [0.4, 0.5) is 0 Å². The highest BCUT2D eigenvalue weighted by Gasteiger charge is 2.15. The van der Waals surface area contributed by atoms with E-state index in [-0.39, 0.29) is 35.8 Å². The Balaban J connectivity index is 0.00000288. The third-order valence-electron chi connectivity index (χ3n) is 3.42. The molecular weight excluding hydrogens is 354 g/mol. The highest BCUT2D eigenvalue weighted by Crippen LogP contribution is 2.17. The highest BCUT2D eigenvalue weighted by molar-refractivity contribution is 7.89.